The quantitative estimate of drug-likeness (QED) is 0.301. The van der Waals surface area contributed by atoms with Gasteiger partial charge in [-0.15, -0.1) is 0 Å². The van der Waals surface area contributed by atoms with Crippen molar-refractivity contribution < 1.29 is 53.4 Å². The third-order valence-corrected chi connectivity index (χ3v) is 9.07. The Kier molecular flexibility index (Phi) is 6.93. The number of phenols is 1. The molecule has 2 aromatic carbocycles. The van der Waals surface area contributed by atoms with Gasteiger partial charge in [0.1, 0.15) is 5.76 Å². The average molecular weight is 594 g/mol. The van der Waals surface area contributed by atoms with Crippen LogP contribution >= 0.6 is 0 Å². The number of ether oxygens (including phenoxy) is 4. The fourth-order valence-electron chi connectivity index (χ4n) is 7.21. The molecule has 2 aromatic rings. The van der Waals surface area contributed by atoms with Gasteiger partial charge in [0.15, 0.2) is 17.6 Å². The maximum absolute atomic E-state index is 13.4. The Labute approximate surface area is 246 Å². The fourth-order valence-corrected chi connectivity index (χ4v) is 7.21. The molecule has 0 saturated carbocycles. The molecule has 226 valence electrons. The van der Waals surface area contributed by atoms with E-state index in [0.29, 0.717) is 24.9 Å². The van der Waals surface area contributed by atoms with Gasteiger partial charge in [-0.1, -0.05) is 36.4 Å². The molecule has 6 atom stereocenters. The van der Waals surface area contributed by atoms with E-state index in [1.807, 2.05) is 13.1 Å². The Hall–Kier alpha value is -4.42. The summed E-state index contributed by atoms with van der Waals surface area (Å²) in [6.07, 6.45) is -2.50. The lowest BCUT2D eigenvalue weighted by molar-refractivity contribution is -0.179. The Morgan fingerprint density at radius 2 is 1.86 bits per heavy atom. The summed E-state index contributed by atoms with van der Waals surface area (Å²) in [5, 5.41) is 32.5. The molecule has 2 aliphatic heterocycles. The number of hydrogen-bond donors (Lipinski definition) is 3. The second-order valence-electron chi connectivity index (χ2n) is 11.4. The molecular weight excluding hydrogens is 562 g/mol. The summed E-state index contributed by atoms with van der Waals surface area (Å²) in [6, 6.07) is 10.9. The van der Waals surface area contributed by atoms with Gasteiger partial charge in [0.25, 0.3) is 0 Å². The number of phenolic OH excluding ortho intramolecular Hbond substituents is 1. The molecule has 2 bridgehead atoms. The summed E-state index contributed by atoms with van der Waals surface area (Å²) in [7, 11) is 1.95. The van der Waals surface area contributed by atoms with E-state index in [1.165, 1.54) is 12.1 Å². The summed E-state index contributed by atoms with van der Waals surface area (Å²) in [5.41, 5.74) is -0.466. The molecule has 43 heavy (non-hydrogen) atoms. The Balaban J connectivity index is 1.26. The number of likely N-dealkylation sites (N-methyl/N-ethyl adjacent to an activating group) is 1. The largest absolute Gasteiger partial charge is 0.504 e. The SMILES string of the molecule is CC(=O)O[C@@H](CC(=O)O[C@H](C(=O)O)c1ccccc1)C(=O)OC1=CC[C@@]2(O)[C@@H]3Cc4ccc(O)c5c4[C@@]2(CCN3C)[C@H]1O5. The normalized spacial score (nSPS) is 27.9. The Bertz CT molecular complexity index is 1540. The molecule has 0 aromatic heterocycles. The first-order valence-corrected chi connectivity index (χ1v) is 14.0. The van der Waals surface area contributed by atoms with Crippen LogP contribution in [0.15, 0.2) is 54.3 Å². The molecule has 2 heterocycles. The summed E-state index contributed by atoms with van der Waals surface area (Å²) >= 11 is 0. The highest BCUT2D eigenvalue weighted by atomic mass is 16.6. The number of benzene rings is 2. The maximum Gasteiger partial charge on any atom is 0.353 e. The number of carbonyl (C=O) groups excluding carboxylic acids is 3. The lowest BCUT2D eigenvalue weighted by atomic mass is 9.50. The van der Waals surface area contributed by atoms with Gasteiger partial charge < -0.3 is 39.2 Å². The van der Waals surface area contributed by atoms with Crippen molar-refractivity contribution in [1.82, 2.24) is 4.90 Å². The first-order chi connectivity index (χ1) is 20.5. The van der Waals surface area contributed by atoms with Crippen LogP contribution in [-0.4, -0.2) is 81.5 Å². The zero-order valence-electron chi connectivity index (χ0n) is 23.5. The minimum absolute atomic E-state index is 0.0552. The molecular formula is C31H31NO11. The van der Waals surface area contributed by atoms with Crippen molar-refractivity contribution in [3.63, 3.8) is 0 Å². The summed E-state index contributed by atoms with van der Waals surface area (Å²) in [4.78, 5) is 52.0. The maximum atomic E-state index is 13.4. The van der Waals surface area contributed by atoms with Crippen LogP contribution in [0.2, 0.25) is 0 Å². The second kappa shape index (κ2) is 10.4. The monoisotopic (exact) mass is 593 g/mol. The van der Waals surface area contributed by atoms with Crippen molar-refractivity contribution >= 4 is 23.9 Å². The van der Waals surface area contributed by atoms with Crippen molar-refractivity contribution in [2.24, 2.45) is 0 Å². The molecule has 0 amide bonds. The summed E-state index contributed by atoms with van der Waals surface area (Å²) < 4.78 is 22.2. The van der Waals surface area contributed by atoms with Gasteiger partial charge in [-0.25, -0.2) is 9.59 Å². The number of esters is 3. The topological polar surface area (TPSA) is 169 Å². The molecule has 2 aliphatic carbocycles. The highest BCUT2D eigenvalue weighted by Crippen LogP contribution is 2.65. The van der Waals surface area contributed by atoms with Gasteiger partial charge >= 0.3 is 23.9 Å². The molecule has 1 saturated heterocycles. The van der Waals surface area contributed by atoms with Gasteiger partial charge in [-0.05, 0) is 44.1 Å². The molecule has 1 fully saturated rings. The van der Waals surface area contributed by atoms with Gasteiger partial charge in [-0.2, -0.15) is 0 Å². The van der Waals surface area contributed by atoms with Crippen LogP contribution in [0, 0.1) is 0 Å². The van der Waals surface area contributed by atoms with Crippen LogP contribution in [0.25, 0.3) is 0 Å². The second-order valence-corrected chi connectivity index (χ2v) is 11.4. The number of aliphatic hydroxyl groups is 1. The lowest BCUT2D eigenvalue weighted by Crippen LogP contribution is -2.74. The molecule has 6 rings (SSSR count). The van der Waals surface area contributed by atoms with Gasteiger partial charge in [0.2, 0.25) is 12.2 Å². The van der Waals surface area contributed by atoms with Crippen LogP contribution in [0.5, 0.6) is 11.5 Å². The fraction of sp³-hybridized carbons (Fsp3) is 0.419. The van der Waals surface area contributed by atoms with Crippen LogP contribution in [0.1, 0.15) is 49.0 Å². The van der Waals surface area contributed by atoms with Crippen molar-refractivity contribution in [2.75, 3.05) is 13.6 Å². The molecule has 3 N–H and O–H groups in total. The first kappa shape index (κ1) is 28.7. The number of piperidine rings is 1. The minimum atomic E-state index is -1.75. The summed E-state index contributed by atoms with van der Waals surface area (Å²) in [6.45, 7) is 1.67. The van der Waals surface area contributed by atoms with E-state index in [9.17, 15) is 34.5 Å². The van der Waals surface area contributed by atoms with Crippen molar-refractivity contribution in [3.8, 4) is 11.5 Å². The van der Waals surface area contributed by atoms with Crippen LogP contribution in [0.4, 0.5) is 0 Å². The summed E-state index contributed by atoms with van der Waals surface area (Å²) in [5.74, 6) is -4.31. The molecule has 0 unspecified atom stereocenters. The Morgan fingerprint density at radius 1 is 1.12 bits per heavy atom. The first-order valence-electron chi connectivity index (χ1n) is 14.0. The van der Waals surface area contributed by atoms with E-state index in [0.717, 1.165) is 12.5 Å². The Morgan fingerprint density at radius 3 is 2.56 bits per heavy atom. The molecule has 0 radical (unpaired) electrons. The van der Waals surface area contributed by atoms with Crippen LogP contribution in [-0.2, 0) is 45.2 Å². The predicted molar refractivity (Wildman–Crippen MR) is 146 cm³/mol. The molecule has 12 nitrogen and oxygen atoms in total. The third-order valence-electron chi connectivity index (χ3n) is 9.07. The van der Waals surface area contributed by atoms with Gasteiger partial charge in [0.05, 0.1) is 17.4 Å². The van der Waals surface area contributed by atoms with Crippen molar-refractivity contribution in [2.45, 2.75) is 68.0 Å². The molecule has 4 aliphatic rings. The number of rotatable bonds is 8. The van der Waals surface area contributed by atoms with E-state index in [-0.39, 0.29) is 35.3 Å². The highest BCUT2D eigenvalue weighted by molar-refractivity contribution is 5.86. The third kappa shape index (κ3) is 4.43. The van der Waals surface area contributed by atoms with E-state index < -0.39 is 59.6 Å². The minimum Gasteiger partial charge on any atom is -0.504 e. The zero-order valence-corrected chi connectivity index (χ0v) is 23.5. The number of likely N-dealkylation sites (tertiary alicyclic amines) is 1. The number of carboxylic acids is 1. The van der Waals surface area contributed by atoms with Gasteiger partial charge in [0, 0.05) is 30.5 Å². The highest BCUT2D eigenvalue weighted by Gasteiger charge is 2.72. The number of nitrogens with zero attached hydrogens (tertiary/aromatic N) is 1. The van der Waals surface area contributed by atoms with E-state index in [2.05, 4.69) is 4.90 Å². The smallest absolute Gasteiger partial charge is 0.353 e. The molecule has 1 spiro atoms. The average Bonchev–Trinajstić information content (AvgIpc) is 3.32. The number of hydrogen-bond acceptors (Lipinski definition) is 11. The van der Waals surface area contributed by atoms with E-state index in [4.69, 9.17) is 18.9 Å². The number of carboxylic acid groups (broad SMARTS) is 1. The van der Waals surface area contributed by atoms with Gasteiger partial charge in [-0.3, -0.25) is 9.59 Å². The zero-order chi connectivity index (χ0) is 30.7. The number of aliphatic carboxylic acids is 1. The van der Waals surface area contributed by atoms with Crippen LogP contribution in [0.3, 0.4) is 0 Å². The lowest BCUT2D eigenvalue weighted by Gasteiger charge is -2.61. The number of aromatic hydroxyl groups is 1. The predicted octanol–water partition coefficient (Wildman–Crippen LogP) is 1.90. The van der Waals surface area contributed by atoms with E-state index >= 15 is 0 Å². The van der Waals surface area contributed by atoms with E-state index in [1.54, 1.807) is 30.3 Å². The standard InChI is InChI=1S/C31H31NO11/c1-16(33)40-21(15-23(35)42-25(28(36)37)17-6-4-3-5-7-17)29(38)41-20-10-11-31(39)22-14-18-8-9-19(34)26-24(18)30(31,27(20)43-26)12-13-32(22)2/h3-10,21-22,25,27,34,39H,11-15H2,1-2H3,(H,36,37)/t21-,22-,25-,27-,30-,31+/m0/s1. The number of carbonyl (C=O) groups is 4. The van der Waals surface area contributed by atoms with Crippen molar-refractivity contribution in [3.05, 3.63) is 71.0 Å². The van der Waals surface area contributed by atoms with Crippen molar-refractivity contribution in [1.29, 1.82) is 0 Å². The van der Waals surface area contributed by atoms with Crippen LogP contribution < -0.4 is 4.74 Å². The molecule has 12 heteroatoms.